The molecule has 2 aromatic rings. The van der Waals surface area contributed by atoms with E-state index < -0.39 is 0 Å². The molecule has 0 saturated heterocycles. The largest absolute Gasteiger partial charge is 0.294 e. The van der Waals surface area contributed by atoms with Gasteiger partial charge in [0.1, 0.15) is 0 Å². The van der Waals surface area contributed by atoms with Gasteiger partial charge in [-0.1, -0.05) is 30.1 Å². The number of hydrogen-bond donors (Lipinski definition) is 0. The molecular weight excluding hydrogens is 283 g/mol. The van der Waals surface area contributed by atoms with Crippen LogP contribution in [0, 0.1) is 5.92 Å². The van der Waals surface area contributed by atoms with Gasteiger partial charge in [0.15, 0.2) is 5.78 Å². The van der Waals surface area contributed by atoms with E-state index in [9.17, 15) is 4.79 Å². The van der Waals surface area contributed by atoms with Crippen LogP contribution in [0.2, 0.25) is 10.0 Å². The van der Waals surface area contributed by atoms with Gasteiger partial charge in [-0.3, -0.25) is 4.79 Å². The quantitative estimate of drug-likeness (QED) is 0.798. The lowest BCUT2D eigenvalue weighted by Gasteiger charge is -2.18. The monoisotopic (exact) mass is 294 g/mol. The first-order chi connectivity index (χ1) is 9.06. The lowest BCUT2D eigenvalue weighted by Crippen LogP contribution is -2.19. The first kappa shape index (κ1) is 12.7. The molecule has 0 amide bonds. The zero-order valence-electron chi connectivity index (χ0n) is 10.4. The molecule has 98 valence electrons. The summed E-state index contributed by atoms with van der Waals surface area (Å²) < 4.78 is 1.78. The Balaban J connectivity index is 2.12. The van der Waals surface area contributed by atoms with Crippen molar-refractivity contribution in [3.8, 4) is 5.69 Å². The molecule has 19 heavy (non-hydrogen) atoms. The van der Waals surface area contributed by atoms with E-state index in [-0.39, 0.29) is 5.78 Å². The molecule has 0 radical (unpaired) electrons. The van der Waals surface area contributed by atoms with E-state index in [0.29, 0.717) is 22.4 Å². The van der Waals surface area contributed by atoms with Crippen LogP contribution in [-0.2, 0) is 6.42 Å². The third-order valence-corrected chi connectivity index (χ3v) is 4.13. The first-order valence-electron chi connectivity index (χ1n) is 6.12. The van der Waals surface area contributed by atoms with E-state index in [1.165, 1.54) is 0 Å². The highest BCUT2D eigenvalue weighted by atomic mass is 35.5. The van der Waals surface area contributed by atoms with Crippen molar-refractivity contribution < 1.29 is 4.79 Å². The maximum absolute atomic E-state index is 12.0. The molecule has 1 atom stereocenters. The number of halogens is 2. The van der Waals surface area contributed by atoms with Crippen molar-refractivity contribution in [2.75, 3.05) is 0 Å². The maximum atomic E-state index is 12.0. The van der Waals surface area contributed by atoms with E-state index in [2.05, 4.69) is 12.0 Å². The molecule has 0 bridgehead atoms. The standard InChI is InChI=1S/C14H12Cl2N2O/c1-8-4-13-10(14(19)5-8)7-17-18(13)9-2-3-11(15)12(16)6-9/h2-3,6-8H,4-5H2,1H3/t8-/m0/s1. The van der Waals surface area contributed by atoms with Crippen LogP contribution in [0.1, 0.15) is 29.4 Å². The number of nitrogens with zero attached hydrogens (tertiary/aromatic N) is 2. The molecule has 0 unspecified atom stereocenters. The van der Waals surface area contributed by atoms with Gasteiger partial charge in [0.25, 0.3) is 0 Å². The predicted molar refractivity (Wildman–Crippen MR) is 75.4 cm³/mol. The summed E-state index contributed by atoms with van der Waals surface area (Å²) in [5.74, 6) is 0.512. The molecule has 1 aromatic heterocycles. The molecule has 0 aliphatic heterocycles. The molecule has 0 fully saturated rings. The molecule has 0 spiro atoms. The summed E-state index contributed by atoms with van der Waals surface area (Å²) in [5, 5.41) is 5.31. The van der Waals surface area contributed by atoms with Crippen LogP contribution in [0.4, 0.5) is 0 Å². The number of hydrogen-bond acceptors (Lipinski definition) is 2. The van der Waals surface area contributed by atoms with Gasteiger partial charge in [0.2, 0.25) is 0 Å². The van der Waals surface area contributed by atoms with Crippen molar-refractivity contribution in [1.82, 2.24) is 9.78 Å². The molecule has 5 heteroatoms. The van der Waals surface area contributed by atoms with Crippen molar-refractivity contribution in [3.05, 3.63) is 45.7 Å². The van der Waals surface area contributed by atoms with Crippen LogP contribution < -0.4 is 0 Å². The average molecular weight is 295 g/mol. The van der Waals surface area contributed by atoms with Crippen molar-refractivity contribution >= 4 is 29.0 Å². The highest BCUT2D eigenvalue weighted by Crippen LogP contribution is 2.29. The smallest absolute Gasteiger partial charge is 0.166 e. The number of ketones is 1. The van der Waals surface area contributed by atoms with Crippen LogP contribution in [0.25, 0.3) is 5.69 Å². The second kappa shape index (κ2) is 4.66. The predicted octanol–water partition coefficient (Wildman–Crippen LogP) is 3.94. The van der Waals surface area contributed by atoms with Gasteiger partial charge in [-0.05, 0) is 30.5 Å². The minimum Gasteiger partial charge on any atom is -0.294 e. The summed E-state index contributed by atoms with van der Waals surface area (Å²) in [6.45, 7) is 2.08. The third-order valence-electron chi connectivity index (χ3n) is 3.39. The normalized spacial score (nSPS) is 18.5. The summed E-state index contributed by atoms with van der Waals surface area (Å²) in [5.41, 5.74) is 2.52. The number of benzene rings is 1. The summed E-state index contributed by atoms with van der Waals surface area (Å²) in [6, 6.07) is 5.35. The fourth-order valence-corrected chi connectivity index (χ4v) is 2.76. The van der Waals surface area contributed by atoms with Crippen LogP contribution in [0.15, 0.2) is 24.4 Å². The van der Waals surface area contributed by atoms with Gasteiger partial charge >= 0.3 is 0 Å². The summed E-state index contributed by atoms with van der Waals surface area (Å²) in [4.78, 5) is 12.0. The van der Waals surface area contributed by atoms with E-state index >= 15 is 0 Å². The second-order valence-corrected chi connectivity index (χ2v) is 5.77. The molecule has 1 heterocycles. The molecule has 1 aromatic carbocycles. The lowest BCUT2D eigenvalue weighted by atomic mass is 9.88. The first-order valence-corrected chi connectivity index (χ1v) is 6.87. The van der Waals surface area contributed by atoms with Gasteiger partial charge in [-0.15, -0.1) is 0 Å². The van der Waals surface area contributed by atoms with E-state index in [1.807, 2.05) is 6.07 Å². The Morgan fingerprint density at radius 1 is 1.26 bits per heavy atom. The molecule has 0 saturated carbocycles. The minimum absolute atomic E-state index is 0.167. The SMILES string of the molecule is C[C@@H]1CC(=O)c2cnn(-c3ccc(Cl)c(Cl)c3)c2C1. The molecule has 3 nitrogen and oxygen atoms in total. The summed E-state index contributed by atoms with van der Waals surface area (Å²) in [7, 11) is 0. The topological polar surface area (TPSA) is 34.9 Å². The zero-order chi connectivity index (χ0) is 13.6. The van der Waals surface area contributed by atoms with Gasteiger partial charge < -0.3 is 0 Å². The number of rotatable bonds is 1. The number of carbonyl (C=O) groups excluding carboxylic acids is 1. The Morgan fingerprint density at radius 3 is 2.79 bits per heavy atom. The van der Waals surface area contributed by atoms with E-state index in [4.69, 9.17) is 23.2 Å². The van der Waals surface area contributed by atoms with Crippen LogP contribution in [-0.4, -0.2) is 15.6 Å². The Hall–Kier alpha value is -1.32. The molecule has 0 N–H and O–H groups in total. The van der Waals surface area contributed by atoms with Crippen LogP contribution >= 0.6 is 23.2 Å². The van der Waals surface area contributed by atoms with E-state index in [0.717, 1.165) is 23.4 Å². The van der Waals surface area contributed by atoms with Gasteiger partial charge in [-0.2, -0.15) is 5.10 Å². The van der Waals surface area contributed by atoms with Gasteiger partial charge in [0.05, 0.1) is 33.2 Å². The second-order valence-electron chi connectivity index (χ2n) is 4.95. The number of carbonyl (C=O) groups is 1. The summed E-state index contributed by atoms with van der Waals surface area (Å²) >= 11 is 11.9. The molecular formula is C14H12Cl2N2O. The lowest BCUT2D eigenvalue weighted by molar-refractivity contribution is 0.0953. The number of fused-ring (bicyclic) bond motifs is 1. The van der Waals surface area contributed by atoms with Gasteiger partial charge in [0, 0.05) is 6.42 Å². The number of Topliss-reactive ketones (excluding diaryl/α,β-unsaturated/α-hetero) is 1. The van der Waals surface area contributed by atoms with Gasteiger partial charge in [-0.25, -0.2) is 4.68 Å². The van der Waals surface area contributed by atoms with Crippen LogP contribution in [0.3, 0.4) is 0 Å². The fraction of sp³-hybridized carbons (Fsp3) is 0.286. The molecule has 1 aliphatic carbocycles. The van der Waals surface area contributed by atoms with Crippen LogP contribution in [0.5, 0.6) is 0 Å². The third kappa shape index (κ3) is 2.17. The van der Waals surface area contributed by atoms with E-state index in [1.54, 1.807) is 23.0 Å². The number of aromatic nitrogens is 2. The fourth-order valence-electron chi connectivity index (χ4n) is 2.47. The molecule has 1 aliphatic rings. The zero-order valence-corrected chi connectivity index (χ0v) is 11.9. The molecule has 3 rings (SSSR count). The highest BCUT2D eigenvalue weighted by Gasteiger charge is 2.26. The summed E-state index contributed by atoms with van der Waals surface area (Å²) in [6.07, 6.45) is 3.09. The van der Waals surface area contributed by atoms with Crippen molar-refractivity contribution in [1.29, 1.82) is 0 Å². The average Bonchev–Trinajstić information content (AvgIpc) is 2.76. The van der Waals surface area contributed by atoms with Crippen molar-refractivity contribution in [2.24, 2.45) is 5.92 Å². The Kier molecular flexibility index (Phi) is 3.11. The van der Waals surface area contributed by atoms with Crippen molar-refractivity contribution in [3.63, 3.8) is 0 Å². The Bertz CT molecular complexity index is 663. The Labute approximate surface area is 121 Å². The van der Waals surface area contributed by atoms with Crippen molar-refractivity contribution in [2.45, 2.75) is 19.8 Å². The minimum atomic E-state index is 0.167. The Morgan fingerprint density at radius 2 is 2.05 bits per heavy atom. The maximum Gasteiger partial charge on any atom is 0.166 e. The highest BCUT2D eigenvalue weighted by molar-refractivity contribution is 6.42.